The van der Waals surface area contributed by atoms with Crippen LogP contribution in [0.25, 0.3) is 0 Å². The molecule has 0 radical (unpaired) electrons. The topological polar surface area (TPSA) is 35.2 Å². The summed E-state index contributed by atoms with van der Waals surface area (Å²) in [6.45, 7) is 5.12. The van der Waals surface area contributed by atoms with Gasteiger partial charge in [-0.2, -0.15) is 0 Å². The summed E-state index contributed by atoms with van der Waals surface area (Å²) in [7, 11) is 0. The van der Waals surface area contributed by atoms with Gasteiger partial charge in [0, 0.05) is 11.6 Å². The van der Waals surface area contributed by atoms with E-state index >= 15 is 0 Å². The SMILES string of the molecule is CCCC(C)COc1cc(F)cc(C#CCN)c1. The molecule has 1 aromatic carbocycles. The number of rotatable bonds is 5. The van der Waals surface area contributed by atoms with Gasteiger partial charge in [0.25, 0.3) is 0 Å². The van der Waals surface area contributed by atoms with E-state index in [4.69, 9.17) is 10.5 Å². The molecule has 98 valence electrons. The highest BCUT2D eigenvalue weighted by atomic mass is 19.1. The van der Waals surface area contributed by atoms with E-state index in [1.807, 2.05) is 0 Å². The molecule has 0 heterocycles. The highest BCUT2D eigenvalue weighted by molar-refractivity contribution is 5.40. The molecule has 2 N–H and O–H groups in total. The van der Waals surface area contributed by atoms with Crippen molar-refractivity contribution in [3.8, 4) is 17.6 Å². The Hall–Kier alpha value is -1.53. The molecule has 2 nitrogen and oxygen atoms in total. The van der Waals surface area contributed by atoms with Crippen molar-refractivity contribution in [2.24, 2.45) is 11.7 Å². The van der Waals surface area contributed by atoms with Gasteiger partial charge in [-0.25, -0.2) is 4.39 Å². The molecule has 0 aliphatic rings. The molecule has 18 heavy (non-hydrogen) atoms. The number of ether oxygens (including phenoxy) is 1. The largest absolute Gasteiger partial charge is 0.493 e. The van der Waals surface area contributed by atoms with Crippen molar-refractivity contribution in [1.82, 2.24) is 0 Å². The van der Waals surface area contributed by atoms with Gasteiger partial charge < -0.3 is 10.5 Å². The monoisotopic (exact) mass is 249 g/mol. The maximum Gasteiger partial charge on any atom is 0.128 e. The minimum atomic E-state index is -0.336. The zero-order chi connectivity index (χ0) is 13.4. The van der Waals surface area contributed by atoms with E-state index in [2.05, 4.69) is 25.7 Å². The van der Waals surface area contributed by atoms with Gasteiger partial charge in [0.05, 0.1) is 13.2 Å². The van der Waals surface area contributed by atoms with Crippen LogP contribution in [0.1, 0.15) is 32.3 Å². The molecule has 0 amide bonds. The lowest BCUT2D eigenvalue weighted by Crippen LogP contribution is -2.08. The van der Waals surface area contributed by atoms with Crippen molar-refractivity contribution in [2.75, 3.05) is 13.2 Å². The highest BCUT2D eigenvalue weighted by Gasteiger charge is 2.04. The van der Waals surface area contributed by atoms with E-state index in [1.165, 1.54) is 12.1 Å². The number of hydrogen-bond donors (Lipinski definition) is 1. The summed E-state index contributed by atoms with van der Waals surface area (Å²) < 4.78 is 18.9. The quantitative estimate of drug-likeness (QED) is 0.814. The summed E-state index contributed by atoms with van der Waals surface area (Å²) in [4.78, 5) is 0. The lowest BCUT2D eigenvalue weighted by atomic mass is 10.1. The first-order valence-electron chi connectivity index (χ1n) is 6.28. The Labute approximate surface area is 108 Å². The Kier molecular flexibility index (Phi) is 6.24. The molecular formula is C15H20FNO. The third kappa shape index (κ3) is 5.20. The maximum atomic E-state index is 13.3. The van der Waals surface area contributed by atoms with Crippen LogP contribution in [0.4, 0.5) is 4.39 Å². The van der Waals surface area contributed by atoms with E-state index in [-0.39, 0.29) is 12.4 Å². The summed E-state index contributed by atoms with van der Waals surface area (Å²) in [6, 6.07) is 4.50. The van der Waals surface area contributed by atoms with E-state index in [1.54, 1.807) is 6.07 Å². The zero-order valence-corrected chi connectivity index (χ0v) is 11.0. The second kappa shape index (κ2) is 7.73. The van der Waals surface area contributed by atoms with Gasteiger partial charge in [-0.05, 0) is 24.5 Å². The first-order chi connectivity index (χ1) is 8.65. The van der Waals surface area contributed by atoms with Gasteiger partial charge >= 0.3 is 0 Å². The summed E-state index contributed by atoms with van der Waals surface area (Å²) in [6.07, 6.45) is 2.23. The van der Waals surface area contributed by atoms with E-state index in [9.17, 15) is 4.39 Å². The molecule has 3 heteroatoms. The maximum absolute atomic E-state index is 13.3. The lowest BCUT2D eigenvalue weighted by Gasteiger charge is -2.12. The van der Waals surface area contributed by atoms with Gasteiger partial charge in [0.1, 0.15) is 11.6 Å². The Morgan fingerprint density at radius 1 is 1.39 bits per heavy atom. The second-order valence-corrected chi connectivity index (χ2v) is 4.39. The van der Waals surface area contributed by atoms with Gasteiger partial charge in [0.15, 0.2) is 0 Å². The minimum absolute atomic E-state index is 0.264. The molecule has 0 fully saturated rings. The molecule has 0 aliphatic carbocycles. The van der Waals surface area contributed by atoms with Crippen molar-refractivity contribution in [3.05, 3.63) is 29.6 Å². The molecule has 1 unspecified atom stereocenters. The van der Waals surface area contributed by atoms with Crippen LogP contribution in [-0.4, -0.2) is 13.2 Å². The fourth-order valence-corrected chi connectivity index (χ4v) is 1.69. The Morgan fingerprint density at radius 2 is 2.17 bits per heavy atom. The molecule has 0 saturated heterocycles. The van der Waals surface area contributed by atoms with Gasteiger partial charge in [-0.3, -0.25) is 0 Å². The molecule has 0 saturated carbocycles. The van der Waals surface area contributed by atoms with Crippen LogP contribution in [0, 0.1) is 23.6 Å². The van der Waals surface area contributed by atoms with Crippen molar-refractivity contribution < 1.29 is 9.13 Å². The number of benzene rings is 1. The average Bonchev–Trinajstić information content (AvgIpc) is 2.34. The molecule has 0 aliphatic heterocycles. The Balaban J connectivity index is 2.68. The zero-order valence-electron chi connectivity index (χ0n) is 11.0. The van der Waals surface area contributed by atoms with E-state index in [0.29, 0.717) is 23.8 Å². The minimum Gasteiger partial charge on any atom is -0.493 e. The summed E-state index contributed by atoms with van der Waals surface area (Å²) in [5.41, 5.74) is 5.88. The third-order valence-electron chi connectivity index (χ3n) is 2.52. The van der Waals surface area contributed by atoms with Crippen LogP contribution < -0.4 is 10.5 Å². The summed E-state index contributed by atoms with van der Waals surface area (Å²) in [5.74, 6) is 6.16. The van der Waals surface area contributed by atoms with Crippen LogP contribution in [0.3, 0.4) is 0 Å². The van der Waals surface area contributed by atoms with E-state index < -0.39 is 0 Å². The van der Waals surface area contributed by atoms with Crippen LogP contribution in [0.5, 0.6) is 5.75 Å². The van der Waals surface area contributed by atoms with Gasteiger partial charge in [-0.15, -0.1) is 0 Å². The Bertz CT molecular complexity index is 434. The van der Waals surface area contributed by atoms with Crippen LogP contribution in [0.15, 0.2) is 18.2 Å². The molecule has 1 rings (SSSR count). The fourth-order valence-electron chi connectivity index (χ4n) is 1.69. The smallest absolute Gasteiger partial charge is 0.128 e. The molecule has 0 spiro atoms. The molecular weight excluding hydrogens is 229 g/mol. The van der Waals surface area contributed by atoms with Crippen molar-refractivity contribution >= 4 is 0 Å². The van der Waals surface area contributed by atoms with Gasteiger partial charge in [0.2, 0.25) is 0 Å². The summed E-state index contributed by atoms with van der Waals surface area (Å²) >= 11 is 0. The highest BCUT2D eigenvalue weighted by Crippen LogP contribution is 2.17. The predicted molar refractivity (Wildman–Crippen MR) is 71.9 cm³/mol. The van der Waals surface area contributed by atoms with Crippen molar-refractivity contribution in [3.63, 3.8) is 0 Å². The van der Waals surface area contributed by atoms with Crippen LogP contribution in [-0.2, 0) is 0 Å². The third-order valence-corrected chi connectivity index (χ3v) is 2.52. The first-order valence-corrected chi connectivity index (χ1v) is 6.28. The van der Waals surface area contributed by atoms with Crippen molar-refractivity contribution in [1.29, 1.82) is 0 Å². The molecule has 0 aromatic heterocycles. The molecule has 1 atom stereocenters. The Morgan fingerprint density at radius 3 is 2.83 bits per heavy atom. The van der Waals surface area contributed by atoms with Crippen molar-refractivity contribution in [2.45, 2.75) is 26.7 Å². The lowest BCUT2D eigenvalue weighted by molar-refractivity contribution is 0.250. The number of hydrogen-bond acceptors (Lipinski definition) is 2. The van der Waals surface area contributed by atoms with Crippen LogP contribution >= 0.6 is 0 Å². The standard InChI is InChI=1S/C15H20FNO/c1-3-5-12(2)11-18-15-9-13(6-4-7-17)8-14(16)10-15/h8-10,12H,3,5,7,11,17H2,1-2H3. The predicted octanol–water partition coefficient (Wildman–Crippen LogP) is 2.95. The first kappa shape index (κ1) is 14.5. The molecule has 1 aromatic rings. The average molecular weight is 249 g/mol. The molecule has 0 bridgehead atoms. The normalized spacial score (nSPS) is 11.6. The van der Waals surface area contributed by atoms with E-state index in [0.717, 1.165) is 12.8 Å². The fraction of sp³-hybridized carbons (Fsp3) is 0.467. The number of nitrogens with two attached hydrogens (primary N) is 1. The van der Waals surface area contributed by atoms with Gasteiger partial charge in [-0.1, -0.05) is 32.1 Å². The second-order valence-electron chi connectivity index (χ2n) is 4.39. The number of halogens is 1. The van der Waals surface area contributed by atoms with Crippen LogP contribution in [0.2, 0.25) is 0 Å². The summed E-state index contributed by atoms with van der Waals surface area (Å²) in [5, 5.41) is 0.